The smallest absolute Gasteiger partial charge is 0.251 e. The molecule has 0 radical (unpaired) electrons. The average Bonchev–Trinajstić information content (AvgIpc) is 2.54. The fourth-order valence-electron chi connectivity index (χ4n) is 2.04. The molecule has 3 N–H and O–H groups in total. The first-order chi connectivity index (χ1) is 11.4. The van der Waals surface area contributed by atoms with Gasteiger partial charge in [-0.3, -0.25) is 9.59 Å². The first-order valence-corrected chi connectivity index (χ1v) is 7.64. The number of hydrogen-bond acceptors (Lipinski definition) is 3. The SMILES string of the molecule is CC(C)NC(=O)c1cccc(NC(=O)CNc2ccc(F)cc2)c1. The van der Waals surface area contributed by atoms with E-state index in [1.54, 1.807) is 36.4 Å². The fraction of sp³-hybridized carbons (Fsp3) is 0.222. The second-order valence-electron chi connectivity index (χ2n) is 5.62. The van der Waals surface area contributed by atoms with Crippen LogP contribution in [0.15, 0.2) is 48.5 Å². The molecule has 0 spiro atoms. The standard InChI is InChI=1S/C18H20FN3O2/c1-12(2)21-18(24)13-4-3-5-16(10-13)22-17(23)11-20-15-8-6-14(19)7-9-15/h3-10,12,20H,11H2,1-2H3,(H,21,24)(H,22,23). The van der Waals surface area contributed by atoms with Crippen LogP contribution in [0.2, 0.25) is 0 Å². The second kappa shape index (κ2) is 8.10. The van der Waals surface area contributed by atoms with E-state index in [2.05, 4.69) is 16.0 Å². The summed E-state index contributed by atoms with van der Waals surface area (Å²) in [6.07, 6.45) is 0. The molecule has 2 rings (SSSR count). The third kappa shape index (κ3) is 5.39. The molecule has 0 bridgehead atoms. The van der Waals surface area contributed by atoms with Gasteiger partial charge in [-0.1, -0.05) is 6.07 Å². The van der Waals surface area contributed by atoms with Crippen LogP contribution in [0.1, 0.15) is 24.2 Å². The van der Waals surface area contributed by atoms with Crippen molar-refractivity contribution in [2.24, 2.45) is 0 Å². The summed E-state index contributed by atoms with van der Waals surface area (Å²) in [4.78, 5) is 23.9. The summed E-state index contributed by atoms with van der Waals surface area (Å²) in [6.45, 7) is 3.79. The van der Waals surface area contributed by atoms with Crippen molar-refractivity contribution in [1.29, 1.82) is 0 Å². The Morgan fingerprint density at radius 2 is 1.75 bits per heavy atom. The van der Waals surface area contributed by atoms with Crippen LogP contribution in [0.4, 0.5) is 15.8 Å². The monoisotopic (exact) mass is 329 g/mol. The number of carbonyl (C=O) groups excluding carboxylic acids is 2. The average molecular weight is 329 g/mol. The number of nitrogens with one attached hydrogen (secondary N) is 3. The van der Waals surface area contributed by atoms with E-state index in [-0.39, 0.29) is 30.2 Å². The van der Waals surface area contributed by atoms with Gasteiger partial charge in [-0.05, 0) is 56.3 Å². The molecule has 0 unspecified atom stereocenters. The number of benzene rings is 2. The van der Waals surface area contributed by atoms with Crippen molar-refractivity contribution >= 4 is 23.2 Å². The van der Waals surface area contributed by atoms with E-state index in [0.717, 1.165) is 0 Å². The zero-order chi connectivity index (χ0) is 17.5. The third-order valence-electron chi connectivity index (χ3n) is 3.13. The van der Waals surface area contributed by atoms with Gasteiger partial charge in [0.25, 0.3) is 5.91 Å². The van der Waals surface area contributed by atoms with Gasteiger partial charge in [0, 0.05) is 23.0 Å². The molecule has 0 aliphatic carbocycles. The maximum atomic E-state index is 12.8. The molecule has 2 aromatic carbocycles. The van der Waals surface area contributed by atoms with Crippen molar-refractivity contribution in [3.8, 4) is 0 Å². The summed E-state index contributed by atoms with van der Waals surface area (Å²) in [7, 11) is 0. The Bertz CT molecular complexity index is 714. The maximum absolute atomic E-state index is 12.8. The molecule has 0 aliphatic heterocycles. The van der Waals surface area contributed by atoms with Crippen LogP contribution in [-0.2, 0) is 4.79 Å². The molecule has 6 heteroatoms. The summed E-state index contributed by atoms with van der Waals surface area (Å²) in [6, 6.07) is 12.5. The Morgan fingerprint density at radius 3 is 2.42 bits per heavy atom. The van der Waals surface area contributed by atoms with Gasteiger partial charge in [-0.25, -0.2) is 4.39 Å². The zero-order valence-electron chi connectivity index (χ0n) is 13.6. The topological polar surface area (TPSA) is 70.2 Å². The van der Waals surface area contributed by atoms with E-state index in [1.807, 2.05) is 13.8 Å². The van der Waals surface area contributed by atoms with Crippen LogP contribution in [0.25, 0.3) is 0 Å². The number of amides is 2. The third-order valence-corrected chi connectivity index (χ3v) is 3.13. The Kier molecular flexibility index (Phi) is 5.89. The summed E-state index contributed by atoms with van der Waals surface area (Å²) in [5, 5.41) is 8.41. The molecule has 0 heterocycles. The number of halogens is 1. The summed E-state index contributed by atoms with van der Waals surface area (Å²) >= 11 is 0. The van der Waals surface area contributed by atoms with E-state index >= 15 is 0 Å². The zero-order valence-corrected chi connectivity index (χ0v) is 13.6. The normalized spacial score (nSPS) is 10.3. The first kappa shape index (κ1) is 17.5. The lowest BCUT2D eigenvalue weighted by Gasteiger charge is -2.11. The highest BCUT2D eigenvalue weighted by Crippen LogP contribution is 2.12. The maximum Gasteiger partial charge on any atom is 0.251 e. The first-order valence-electron chi connectivity index (χ1n) is 7.64. The number of carbonyl (C=O) groups is 2. The minimum atomic E-state index is -0.332. The van der Waals surface area contributed by atoms with Gasteiger partial charge < -0.3 is 16.0 Å². The molecular weight excluding hydrogens is 309 g/mol. The molecule has 5 nitrogen and oxygen atoms in total. The Hall–Kier alpha value is -2.89. The van der Waals surface area contributed by atoms with Crippen LogP contribution in [0.5, 0.6) is 0 Å². The number of rotatable bonds is 6. The quantitative estimate of drug-likeness (QED) is 0.763. The summed E-state index contributed by atoms with van der Waals surface area (Å²) in [5.74, 6) is -0.784. The van der Waals surface area contributed by atoms with Crippen molar-refractivity contribution in [2.75, 3.05) is 17.2 Å². The Balaban J connectivity index is 1.91. The van der Waals surface area contributed by atoms with Gasteiger partial charge in [0.15, 0.2) is 0 Å². The van der Waals surface area contributed by atoms with Crippen LogP contribution in [-0.4, -0.2) is 24.4 Å². The minimum Gasteiger partial charge on any atom is -0.376 e. The minimum absolute atomic E-state index is 0.0358. The molecule has 24 heavy (non-hydrogen) atoms. The lowest BCUT2D eigenvalue weighted by atomic mass is 10.1. The molecule has 0 aromatic heterocycles. The Morgan fingerprint density at radius 1 is 1.04 bits per heavy atom. The van der Waals surface area contributed by atoms with E-state index in [9.17, 15) is 14.0 Å². The van der Waals surface area contributed by atoms with E-state index < -0.39 is 0 Å². The summed E-state index contributed by atoms with van der Waals surface area (Å²) < 4.78 is 12.8. The highest BCUT2D eigenvalue weighted by molar-refractivity contribution is 5.98. The highest BCUT2D eigenvalue weighted by Gasteiger charge is 2.09. The van der Waals surface area contributed by atoms with Crippen LogP contribution >= 0.6 is 0 Å². The molecule has 0 aliphatic rings. The molecule has 2 amide bonds. The van der Waals surface area contributed by atoms with Crippen molar-refractivity contribution < 1.29 is 14.0 Å². The molecule has 0 fully saturated rings. The van der Waals surface area contributed by atoms with Crippen molar-refractivity contribution in [3.05, 3.63) is 59.9 Å². The second-order valence-corrected chi connectivity index (χ2v) is 5.62. The molecular formula is C18H20FN3O2. The lowest BCUT2D eigenvalue weighted by Crippen LogP contribution is -2.30. The van der Waals surface area contributed by atoms with Crippen molar-refractivity contribution in [3.63, 3.8) is 0 Å². The molecule has 2 aromatic rings. The highest BCUT2D eigenvalue weighted by atomic mass is 19.1. The van der Waals surface area contributed by atoms with Gasteiger partial charge in [0.2, 0.25) is 5.91 Å². The van der Waals surface area contributed by atoms with Crippen LogP contribution in [0.3, 0.4) is 0 Å². The molecule has 0 saturated carbocycles. The largest absolute Gasteiger partial charge is 0.376 e. The van der Waals surface area contributed by atoms with Gasteiger partial charge in [0.05, 0.1) is 6.54 Å². The number of hydrogen-bond donors (Lipinski definition) is 3. The van der Waals surface area contributed by atoms with Gasteiger partial charge in [0.1, 0.15) is 5.82 Å². The van der Waals surface area contributed by atoms with Gasteiger partial charge in [-0.15, -0.1) is 0 Å². The van der Waals surface area contributed by atoms with E-state index in [4.69, 9.17) is 0 Å². The Labute approximate surface area is 140 Å². The van der Waals surface area contributed by atoms with Gasteiger partial charge in [-0.2, -0.15) is 0 Å². The fourth-order valence-corrected chi connectivity index (χ4v) is 2.04. The predicted molar refractivity (Wildman–Crippen MR) is 92.6 cm³/mol. The number of anilines is 2. The lowest BCUT2D eigenvalue weighted by molar-refractivity contribution is -0.114. The molecule has 0 saturated heterocycles. The molecule has 0 atom stereocenters. The summed E-state index contributed by atoms with van der Waals surface area (Å²) in [5.41, 5.74) is 1.67. The van der Waals surface area contributed by atoms with Crippen LogP contribution in [0, 0.1) is 5.82 Å². The predicted octanol–water partition coefficient (Wildman–Crippen LogP) is 3.01. The van der Waals surface area contributed by atoms with E-state index in [0.29, 0.717) is 16.9 Å². The van der Waals surface area contributed by atoms with Gasteiger partial charge >= 0.3 is 0 Å². The van der Waals surface area contributed by atoms with Crippen molar-refractivity contribution in [2.45, 2.75) is 19.9 Å². The van der Waals surface area contributed by atoms with E-state index in [1.165, 1.54) is 12.1 Å². The van der Waals surface area contributed by atoms with Crippen molar-refractivity contribution in [1.82, 2.24) is 5.32 Å². The van der Waals surface area contributed by atoms with Crippen LogP contribution < -0.4 is 16.0 Å². The molecule has 126 valence electrons.